The number of phosphoric ester groups is 1. The second-order valence-corrected chi connectivity index (χ2v) is 27.4. The van der Waals surface area contributed by atoms with Gasteiger partial charge >= 0.3 is 19.8 Å². The minimum absolute atomic E-state index is 0.0281. The number of nitrogens with one attached hydrogen (secondary N) is 1. The molecule has 0 fully saturated rings. The Labute approximate surface area is 527 Å². The van der Waals surface area contributed by atoms with E-state index in [0.717, 1.165) is 120 Å². The Balaban J connectivity index is 1.36. The molecule has 17 nitrogen and oxygen atoms in total. The zero-order valence-corrected chi connectivity index (χ0v) is 56.5. The number of hydrogen-bond acceptors (Lipinski definition) is 13. The summed E-state index contributed by atoms with van der Waals surface area (Å²) in [5, 5.41) is 1.40. The van der Waals surface area contributed by atoms with E-state index < -0.39 is 82.2 Å². The van der Waals surface area contributed by atoms with Crippen molar-refractivity contribution in [2.45, 2.75) is 237 Å². The van der Waals surface area contributed by atoms with Gasteiger partial charge in [-0.2, -0.15) is 8.42 Å². The lowest BCUT2D eigenvalue weighted by molar-refractivity contribution is -0.161. The molecule has 1 aliphatic carbocycles. The molecule has 2 atom stereocenters. The van der Waals surface area contributed by atoms with Gasteiger partial charge in [0.1, 0.15) is 35.9 Å². The van der Waals surface area contributed by atoms with Crippen LogP contribution in [0.2, 0.25) is 0 Å². The largest absolute Gasteiger partial charge is 0.472 e. The van der Waals surface area contributed by atoms with Gasteiger partial charge in [-0.05, 0) is 122 Å². The third-order valence-corrected chi connectivity index (χ3v) is 19.2. The van der Waals surface area contributed by atoms with Crippen LogP contribution in [-0.2, 0) is 52.8 Å². The first-order valence-corrected chi connectivity index (χ1v) is 37.6. The molecule has 0 bridgehead atoms. The molecule has 0 amide bonds. The Morgan fingerprint density at radius 3 is 1.68 bits per heavy atom. The first-order valence-electron chi connectivity index (χ1n) is 33.1. The molecule has 0 saturated heterocycles. The van der Waals surface area contributed by atoms with Crippen molar-refractivity contribution in [2.24, 2.45) is 0 Å². The van der Waals surface area contributed by atoms with E-state index in [0.29, 0.717) is 40.7 Å². The van der Waals surface area contributed by atoms with Crippen LogP contribution in [0, 0.1) is 0 Å². The van der Waals surface area contributed by atoms with Gasteiger partial charge in [-0.15, -0.1) is 0 Å². The fourth-order valence-electron chi connectivity index (χ4n) is 10.8. The van der Waals surface area contributed by atoms with Crippen molar-refractivity contribution in [3.05, 3.63) is 84.3 Å². The number of carbonyl (C=O) groups excluding carboxylic acids is 2. The van der Waals surface area contributed by atoms with E-state index in [-0.39, 0.29) is 18.4 Å². The number of allylic oxidation sites excluding steroid dienone is 4. The van der Waals surface area contributed by atoms with Gasteiger partial charge < -0.3 is 23.7 Å². The molecule has 2 aromatic carbocycles. The summed E-state index contributed by atoms with van der Waals surface area (Å²) in [7, 11) is -14.6. The molecule has 88 heavy (non-hydrogen) atoms. The van der Waals surface area contributed by atoms with Crippen LogP contribution in [-0.4, -0.2) is 96.9 Å². The average Bonchev–Trinajstić information content (AvgIpc) is 0.788. The highest BCUT2D eigenvalue weighted by molar-refractivity contribution is 7.89. The number of unbranched alkanes of at least 4 members (excludes halogenated alkanes) is 22. The number of rotatable bonds is 49. The van der Waals surface area contributed by atoms with Gasteiger partial charge in [-0.3, -0.25) is 23.2 Å². The summed E-state index contributed by atoms with van der Waals surface area (Å²) in [6, 6.07) is 14.5. The molecular formula is C68H107N3O14PS2+. The van der Waals surface area contributed by atoms with Crippen LogP contribution in [0.25, 0.3) is 33.4 Å². The Morgan fingerprint density at radius 2 is 1.15 bits per heavy atom. The quantitative estimate of drug-likeness (QED) is 0.00710. The fraction of sp³-hybridized carbons (Fsp3) is 0.632. The lowest BCUT2D eigenvalue weighted by Crippen LogP contribution is -2.30. The van der Waals surface area contributed by atoms with E-state index in [1.54, 1.807) is 0 Å². The number of anilines is 1. The first-order chi connectivity index (χ1) is 42.4. The lowest BCUT2D eigenvalue weighted by Gasteiger charge is -2.22. The van der Waals surface area contributed by atoms with Gasteiger partial charge in [0, 0.05) is 72.4 Å². The molecule has 0 spiro atoms. The third kappa shape index (κ3) is 28.2. The molecule has 3 N–H and O–H groups in total. The number of ether oxygens (including phenoxy) is 2. The monoisotopic (exact) mass is 1280 g/mol. The average molecular weight is 1290 g/mol. The van der Waals surface area contributed by atoms with E-state index in [9.17, 15) is 40.4 Å². The van der Waals surface area contributed by atoms with Crippen LogP contribution in [0.15, 0.2) is 93.1 Å². The number of carbonyl (C=O) groups is 2. The van der Waals surface area contributed by atoms with Crippen LogP contribution >= 0.6 is 7.82 Å². The molecule has 2 aliphatic rings. The predicted octanol–water partition coefficient (Wildman–Crippen LogP) is 16.1. The molecule has 1 heterocycles. The third-order valence-electron chi connectivity index (χ3n) is 15.8. The van der Waals surface area contributed by atoms with Gasteiger partial charge in [0.25, 0.3) is 10.1 Å². The van der Waals surface area contributed by atoms with Gasteiger partial charge in [-0.1, -0.05) is 147 Å². The number of sulfonamides is 1. The Morgan fingerprint density at radius 1 is 0.625 bits per heavy atom. The number of fused-ring (bicyclic) bond motifs is 2. The summed E-state index contributed by atoms with van der Waals surface area (Å²) in [5.41, 5.74) is 2.27. The molecule has 0 radical (unpaired) electrons. The topological polar surface area (TPSA) is 228 Å². The van der Waals surface area contributed by atoms with E-state index >= 15 is 0 Å². The number of phosphoric acid groups is 1. The van der Waals surface area contributed by atoms with Crippen LogP contribution in [0.4, 0.5) is 5.69 Å². The summed E-state index contributed by atoms with van der Waals surface area (Å²) < 4.78 is 110. The van der Waals surface area contributed by atoms with Crippen molar-refractivity contribution in [1.29, 1.82) is 0 Å². The molecule has 494 valence electrons. The van der Waals surface area contributed by atoms with E-state index in [4.69, 9.17) is 22.9 Å². The number of nitrogens with zero attached hydrogens (tertiary/aromatic N) is 2. The van der Waals surface area contributed by atoms with Crippen molar-refractivity contribution in [3.8, 4) is 22.5 Å². The molecule has 20 heteroatoms. The predicted molar refractivity (Wildman–Crippen MR) is 355 cm³/mol. The maximum atomic E-state index is 13.8. The molecule has 0 aromatic heterocycles. The molecule has 2 aromatic rings. The van der Waals surface area contributed by atoms with Crippen molar-refractivity contribution < 1.29 is 63.4 Å². The number of hydrogen-bond donors (Lipinski definition) is 3. The Kier molecular flexibility index (Phi) is 36.5. The van der Waals surface area contributed by atoms with E-state index in [1.807, 2.05) is 64.1 Å². The summed E-state index contributed by atoms with van der Waals surface area (Å²) >= 11 is 0. The highest BCUT2D eigenvalue weighted by atomic mass is 32.2. The smallest absolute Gasteiger partial charge is 0.462 e. The zero-order chi connectivity index (χ0) is 64.1. The first kappa shape index (κ1) is 75.7. The van der Waals surface area contributed by atoms with Gasteiger partial charge in [-0.25, -0.2) is 22.3 Å². The summed E-state index contributed by atoms with van der Waals surface area (Å²) in [5.74, 6) is -0.642. The van der Waals surface area contributed by atoms with Gasteiger partial charge in [0.15, 0.2) is 6.10 Å². The van der Waals surface area contributed by atoms with Crippen molar-refractivity contribution in [3.63, 3.8) is 0 Å². The van der Waals surface area contributed by atoms with Crippen LogP contribution < -0.4 is 19.6 Å². The summed E-state index contributed by atoms with van der Waals surface area (Å²) in [6.45, 7) is 13.1. The minimum Gasteiger partial charge on any atom is -0.462 e. The van der Waals surface area contributed by atoms with Crippen LogP contribution in [0.3, 0.4) is 0 Å². The van der Waals surface area contributed by atoms with Crippen molar-refractivity contribution in [1.82, 2.24) is 9.30 Å². The Hall–Kier alpha value is -4.72. The molecule has 1 unspecified atom stereocenters. The normalized spacial score (nSPS) is 13.2. The van der Waals surface area contributed by atoms with E-state index in [1.165, 1.54) is 89.2 Å². The van der Waals surface area contributed by atoms with Crippen molar-refractivity contribution >= 4 is 56.6 Å². The summed E-state index contributed by atoms with van der Waals surface area (Å²) in [6.07, 6.45) is 36.9. The standard InChI is InChI=1S/C68H106N3O14PS2/c1-7-13-15-17-19-21-23-25-27-29-31-33-35-37-39-41-66(72)81-54-58(84-67(73)42-40-38-36-34-32-30-28-26-24-22-20-18-16-14-8-2)55-83-86(74,75)82-50-49-69-87(76,77)59-45-48-62(65(53-59)88(78,79)80)68-60-46-43-56(70(9-3)10-4)51-63(60)85-64-52-57(44-47-61(64)68)71(11-5)12-6/h25-28,43-48,51-53,58,69H,7-24,29-42,49-50,54-55H2,1-6H3,(H-,74,75,78,79,80)/p+1/b27-25+,28-26+/t58-/m1/s1. The van der Waals surface area contributed by atoms with Crippen LogP contribution in [0.5, 0.6) is 0 Å². The molecule has 0 saturated carbocycles. The maximum absolute atomic E-state index is 13.8. The minimum atomic E-state index is -5.08. The zero-order valence-electron chi connectivity index (χ0n) is 54.0. The molecule has 4 rings (SSSR count). The highest BCUT2D eigenvalue weighted by Crippen LogP contribution is 2.45. The van der Waals surface area contributed by atoms with Gasteiger partial charge in [0.2, 0.25) is 15.4 Å². The second kappa shape index (κ2) is 42.4. The fourth-order valence-corrected chi connectivity index (χ4v) is 13.3. The lowest BCUT2D eigenvalue weighted by atomic mass is 9.93. The van der Waals surface area contributed by atoms with Crippen LogP contribution in [0.1, 0.15) is 221 Å². The maximum Gasteiger partial charge on any atom is 0.472 e. The molecular weight excluding hydrogens is 1180 g/mol. The number of benzene rings is 3. The number of esters is 2. The summed E-state index contributed by atoms with van der Waals surface area (Å²) in [4.78, 5) is 37.5. The van der Waals surface area contributed by atoms with Crippen molar-refractivity contribution in [2.75, 3.05) is 57.4 Å². The SMILES string of the molecule is CCCCCCCC/C=C/CCCCCCCC(=O)OC[C@H](COP(=O)(O)OCCNS(=O)(=O)c1ccc(-c2c3ccc(=[N+](CC)CC)cc-3oc3cc(N(CC)CC)ccc23)c(S(=O)(=O)O)c1)OC(=O)CCCCCCC/C=C/CCCCCCCC. The van der Waals surface area contributed by atoms with Gasteiger partial charge in [0.05, 0.1) is 24.2 Å². The Bertz CT molecular complexity index is 3060. The van der Waals surface area contributed by atoms with E-state index in [2.05, 4.69) is 52.3 Å². The highest BCUT2D eigenvalue weighted by Gasteiger charge is 2.29. The molecule has 1 aliphatic heterocycles. The second-order valence-electron chi connectivity index (χ2n) is 22.8.